The molecule has 0 spiro atoms. The maximum atomic E-state index is 5.85. The van der Waals surface area contributed by atoms with Crippen LogP contribution in [0.2, 0.25) is 5.02 Å². The standard InChI is InChI=1S/C12H14ClN3S/c1-7-3-4-11(17-7)8(2)16-12-10(14)5-9(13)6-15-12/h3-6,8H,14H2,1-2H3,(H,15,16). The molecule has 1 unspecified atom stereocenters. The first kappa shape index (κ1) is 12.2. The minimum Gasteiger partial charge on any atom is -0.396 e. The van der Waals surface area contributed by atoms with E-state index < -0.39 is 0 Å². The van der Waals surface area contributed by atoms with E-state index in [0.29, 0.717) is 16.5 Å². The highest BCUT2D eigenvalue weighted by atomic mass is 35.5. The Labute approximate surface area is 110 Å². The molecule has 3 nitrogen and oxygen atoms in total. The molecular weight excluding hydrogens is 254 g/mol. The van der Waals surface area contributed by atoms with Crippen LogP contribution in [0.4, 0.5) is 11.5 Å². The largest absolute Gasteiger partial charge is 0.396 e. The lowest BCUT2D eigenvalue weighted by atomic mass is 10.2. The molecule has 0 aliphatic carbocycles. The van der Waals surface area contributed by atoms with Gasteiger partial charge < -0.3 is 11.1 Å². The van der Waals surface area contributed by atoms with Crippen molar-refractivity contribution in [2.24, 2.45) is 0 Å². The highest BCUT2D eigenvalue weighted by Gasteiger charge is 2.10. The van der Waals surface area contributed by atoms with Crippen LogP contribution in [0.5, 0.6) is 0 Å². The zero-order chi connectivity index (χ0) is 12.4. The van der Waals surface area contributed by atoms with Crippen molar-refractivity contribution in [2.45, 2.75) is 19.9 Å². The highest BCUT2D eigenvalue weighted by Crippen LogP contribution is 2.27. The van der Waals surface area contributed by atoms with Gasteiger partial charge in [0.15, 0.2) is 0 Å². The van der Waals surface area contributed by atoms with Gasteiger partial charge in [-0.05, 0) is 32.0 Å². The minimum absolute atomic E-state index is 0.185. The van der Waals surface area contributed by atoms with Gasteiger partial charge in [-0.2, -0.15) is 0 Å². The molecule has 2 rings (SSSR count). The van der Waals surface area contributed by atoms with Crippen molar-refractivity contribution in [1.29, 1.82) is 0 Å². The quantitative estimate of drug-likeness (QED) is 0.888. The molecule has 0 aliphatic heterocycles. The fourth-order valence-electron chi connectivity index (χ4n) is 1.54. The summed E-state index contributed by atoms with van der Waals surface area (Å²) >= 11 is 7.57. The Morgan fingerprint density at radius 2 is 2.24 bits per heavy atom. The predicted molar refractivity (Wildman–Crippen MR) is 74.8 cm³/mol. The number of nitrogens with one attached hydrogen (secondary N) is 1. The number of aromatic nitrogens is 1. The van der Waals surface area contributed by atoms with Crippen LogP contribution in [-0.2, 0) is 0 Å². The van der Waals surface area contributed by atoms with Crippen LogP contribution in [0.3, 0.4) is 0 Å². The second kappa shape index (κ2) is 4.94. The molecule has 5 heteroatoms. The lowest BCUT2D eigenvalue weighted by Crippen LogP contribution is -2.08. The third-order valence-electron chi connectivity index (χ3n) is 2.42. The SMILES string of the molecule is Cc1ccc(C(C)Nc2ncc(Cl)cc2N)s1. The van der Waals surface area contributed by atoms with E-state index in [4.69, 9.17) is 17.3 Å². The summed E-state index contributed by atoms with van der Waals surface area (Å²) in [7, 11) is 0. The van der Waals surface area contributed by atoms with Crippen LogP contribution in [0.1, 0.15) is 22.7 Å². The van der Waals surface area contributed by atoms with E-state index in [9.17, 15) is 0 Å². The van der Waals surface area contributed by atoms with Gasteiger partial charge in [0, 0.05) is 16.0 Å². The first-order valence-corrected chi connectivity index (χ1v) is 6.49. The highest BCUT2D eigenvalue weighted by molar-refractivity contribution is 7.12. The first-order valence-electron chi connectivity index (χ1n) is 5.30. The normalized spacial score (nSPS) is 12.4. The van der Waals surface area contributed by atoms with Crippen LogP contribution in [0, 0.1) is 6.92 Å². The molecule has 0 amide bonds. The molecule has 0 saturated carbocycles. The van der Waals surface area contributed by atoms with Gasteiger partial charge >= 0.3 is 0 Å². The van der Waals surface area contributed by atoms with Crippen LogP contribution >= 0.6 is 22.9 Å². The molecule has 3 N–H and O–H groups in total. The molecule has 0 aliphatic rings. The minimum atomic E-state index is 0.185. The van der Waals surface area contributed by atoms with Gasteiger partial charge in [-0.25, -0.2) is 4.98 Å². The maximum Gasteiger partial charge on any atom is 0.149 e. The first-order chi connectivity index (χ1) is 8.06. The monoisotopic (exact) mass is 267 g/mol. The summed E-state index contributed by atoms with van der Waals surface area (Å²) in [6.07, 6.45) is 1.59. The van der Waals surface area contributed by atoms with Crippen LogP contribution in [0.25, 0.3) is 0 Å². The number of aryl methyl sites for hydroxylation is 1. The molecule has 0 aromatic carbocycles. The third-order valence-corrected chi connectivity index (χ3v) is 3.82. The molecule has 0 radical (unpaired) electrons. The average Bonchev–Trinajstić information content (AvgIpc) is 2.69. The van der Waals surface area contributed by atoms with Gasteiger partial charge in [-0.1, -0.05) is 11.6 Å². The number of pyridine rings is 1. The third kappa shape index (κ3) is 2.90. The van der Waals surface area contributed by atoms with Crippen LogP contribution < -0.4 is 11.1 Å². The van der Waals surface area contributed by atoms with Gasteiger partial charge in [-0.15, -0.1) is 11.3 Å². The van der Waals surface area contributed by atoms with E-state index in [0.717, 1.165) is 0 Å². The Bertz CT molecular complexity index is 524. The summed E-state index contributed by atoms with van der Waals surface area (Å²) in [5.41, 5.74) is 6.41. The lowest BCUT2D eigenvalue weighted by molar-refractivity contribution is 0.897. The Kier molecular flexibility index (Phi) is 3.54. The van der Waals surface area contributed by atoms with Crippen molar-refractivity contribution in [1.82, 2.24) is 4.98 Å². The number of thiophene rings is 1. The summed E-state index contributed by atoms with van der Waals surface area (Å²) in [5.74, 6) is 0.674. The Morgan fingerprint density at radius 3 is 2.82 bits per heavy atom. The molecule has 1 atom stereocenters. The van der Waals surface area contributed by atoms with Gasteiger partial charge in [0.1, 0.15) is 5.82 Å². The molecule has 2 aromatic rings. The van der Waals surface area contributed by atoms with E-state index >= 15 is 0 Å². The number of anilines is 2. The lowest BCUT2D eigenvalue weighted by Gasteiger charge is -2.14. The molecule has 17 heavy (non-hydrogen) atoms. The maximum absolute atomic E-state index is 5.85. The number of rotatable bonds is 3. The van der Waals surface area contributed by atoms with Crippen molar-refractivity contribution >= 4 is 34.4 Å². The molecular formula is C12H14ClN3S. The molecule has 90 valence electrons. The predicted octanol–water partition coefficient (Wildman–Crippen LogP) is 3.86. The molecule has 2 aromatic heterocycles. The van der Waals surface area contributed by atoms with Gasteiger partial charge in [0.25, 0.3) is 0 Å². The van der Waals surface area contributed by atoms with E-state index in [1.165, 1.54) is 9.75 Å². The van der Waals surface area contributed by atoms with Gasteiger partial charge in [-0.3, -0.25) is 0 Å². The van der Waals surface area contributed by atoms with Gasteiger partial charge in [0.2, 0.25) is 0 Å². The van der Waals surface area contributed by atoms with E-state index in [-0.39, 0.29) is 6.04 Å². The summed E-state index contributed by atoms with van der Waals surface area (Å²) in [6.45, 7) is 4.18. The topological polar surface area (TPSA) is 50.9 Å². The summed E-state index contributed by atoms with van der Waals surface area (Å²) in [5, 5.41) is 3.83. The second-order valence-corrected chi connectivity index (χ2v) is 5.66. The number of hydrogen-bond acceptors (Lipinski definition) is 4. The molecule has 0 saturated heterocycles. The van der Waals surface area contributed by atoms with E-state index in [2.05, 4.69) is 36.3 Å². The number of halogens is 1. The van der Waals surface area contributed by atoms with Crippen LogP contribution in [-0.4, -0.2) is 4.98 Å². The Hall–Kier alpha value is -1.26. The van der Waals surface area contributed by atoms with Crippen molar-refractivity contribution in [3.63, 3.8) is 0 Å². The number of nitrogens with zero attached hydrogens (tertiary/aromatic N) is 1. The Balaban J connectivity index is 2.15. The number of nitrogens with two attached hydrogens (primary N) is 1. The van der Waals surface area contributed by atoms with Crippen LogP contribution in [0.15, 0.2) is 24.4 Å². The molecule has 2 heterocycles. The fourth-order valence-corrected chi connectivity index (χ4v) is 2.58. The van der Waals surface area contributed by atoms with E-state index in [1.807, 2.05) is 0 Å². The number of nitrogen functional groups attached to an aromatic ring is 1. The van der Waals surface area contributed by atoms with E-state index in [1.54, 1.807) is 23.6 Å². The Morgan fingerprint density at radius 1 is 1.47 bits per heavy atom. The zero-order valence-corrected chi connectivity index (χ0v) is 11.3. The smallest absolute Gasteiger partial charge is 0.149 e. The van der Waals surface area contributed by atoms with Crippen molar-refractivity contribution < 1.29 is 0 Å². The fraction of sp³-hybridized carbons (Fsp3) is 0.250. The average molecular weight is 268 g/mol. The van der Waals surface area contributed by atoms with Crippen molar-refractivity contribution in [2.75, 3.05) is 11.1 Å². The molecule has 0 bridgehead atoms. The number of hydrogen-bond donors (Lipinski definition) is 2. The van der Waals surface area contributed by atoms with Crippen molar-refractivity contribution in [3.05, 3.63) is 39.2 Å². The van der Waals surface area contributed by atoms with Crippen molar-refractivity contribution in [3.8, 4) is 0 Å². The summed E-state index contributed by atoms with van der Waals surface area (Å²) in [6, 6.07) is 6.11. The zero-order valence-electron chi connectivity index (χ0n) is 9.70. The summed E-state index contributed by atoms with van der Waals surface area (Å²) in [4.78, 5) is 6.75. The summed E-state index contributed by atoms with van der Waals surface area (Å²) < 4.78 is 0. The molecule has 0 fully saturated rings. The van der Waals surface area contributed by atoms with Gasteiger partial charge in [0.05, 0.1) is 16.8 Å². The second-order valence-electron chi connectivity index (χ2n) is 3.91.